The molecule has 0 aliphatic carbocycles. The molecule has 136 valence electrons. The molecule has 0 radical (unpaired) electrons. The van der Waals surface area contributed by atoms with Crippen LogP contribution in [0.4, 0.5) is 0 Å². The lowest BCUT2D eigenvalue weighted by Crippen LogP contribution is -2.32. The van der Waals surface area contributed by atoms with E-state index in [0.717, 1.165) is 24.2 Å². The van der Waals surface area contributed by atoms with Crippen LogP contribution in [0.25, 0.3) is 10.1 Å². The summed E-state index contributed by atoms with van der Waals surface area (Å²) in [5, 5.41) is 1.32. The Kier molecular flexibility index (Phi) is 7.11. The topological polar surface area (TPSA) is 12.5 Å². The highest BCUT2D eigenvalue weighted by atomic mass is 35.5. The Labute approximate surface area is 170 Å². The van der Waals surface area contributed by atoms with Gasteiger partial charge >= 0.3 is 0 Å². The van der Waals surface area contributed by atoms with Gasteiger partial charge in [0.1, 0.15) is 0 Å². The normalized spacial score (nSPS) is 17.3. The van der Waals surface area contributed by atoms with Crippen LogP contribution < -0.4 is 0 Å². The highest BCUT2D eigenvalue weighted by molar-refractivity contribution is 8.16. The van der Waals surface area contributed by atoms with Crippen LogP contribution in [-0.4, -0.2) is 31.0 Å². The fourth-order valence-corrected chi connectivity index (χ4v) is 7.49. The average molecular weight is 424 g/mol. The first-order valence-corrected chi connectivity index (χ1v) is 12.0. The molecule has 3 rings (SSSR count). The second-order valence-corrected chi connectivity index (χ2v) is 10.9. The van der Waals surface area contributed by atoms with Gasteiger partial charge in [0.25, 0.3) is 0 Å². The number of halogens is 2. The molecule has 2 nitrogen and oxygen atoms in total. The molecule has 1 aliphatic rings. The van der Waals surface area contributed by atoms with Gasteiger partial charge in [0.05, 0.1) is 29.5 Å². The molecular formula is C20H20Cl2NOPS. The summed E-state index contributed by atoms with van der Waals surface area (Å²) in [7, 11) is 0. The fourth-order valence-electron chi connectivity index (χ4n) is 2.74. The number of morpholine rings is 1. The molecule has 0 aromatic heterocycles. The van der Waals surface area contributed by atoms with Crippen LogP contribution in [0, 0.1) is 0 Å². The van der Waals surface area contributed by atoms with Gasteiger partial charge in [0.15, 0.2) is 0 Å². The Balaban J connectivity index is 2.01. The molecule has 0 amide bonds. The third-order valence-corrected chi connectivity index (χ3v) is 8.95. The Bertz CT molecular complexity index is 774. The van der Waals surface area contributed by atoms with Gasteiger partial charge in [-0.2, -0.15) is 0 Å². The van der Waals surface area contributed by atoms with Crippen LogP contribution in [0.3, 0.4) is 0 Å². The molecule has 2 aromatic carbocycles. The summed E-state index contributed by atoms with van der Waals surface area (Å²) in [5.41, 5.74) is 1.92. The summed E-state index contributed by atoms with van der Waals surface area (Å²) in [6, 6.07) is 19.8. The number of hydrogen-bond donors (Lipinski definition) is 0. The molecule has 0 N–H and O–H groups in total. The minimum atomic E-state index is -2.24. The van der Waals surface area contributed by atoms with Gasteiger partial charge in [-0.05, 0) is 22.8 Å². The third kappa shape index (κ3) is 5.07. The smallest absolute Gasteiger partial charge is 0.0601 e. The minimum Gasteiger partial charge on any atom is -0.379 e. The molecule has 1 heterocycles. The van der Waals surface area contributed by atoms with Crippen LogP contribution in [-0.2, 0) is 16.5 Å². The molecule has 0 bridgehead atoms. The predicted octanol–water partition coefficient (Wildman–Crippen LogP) is 6.19. The van der Waals surface area contributed by atoms with Crippen LogP contribution in [0.5, 0.6) is 0 Å². The van der Waals surface area contributed by atoms with Gasteiger partial charge in [-0.3, -0.25) is 4.67 Å². The van der Waals surface area contributed by atoms with E-state index in [4.69, 9.17) is 39.7 Å². The highest BCUT2D eigenvalue weighted by Crippen LogP contribution is 2.57. The van der Waals surface area contributed by atoms with Crippen molar-refractivity contribution in [3.05, 3.63) is 83.4 Å². The van der Waals surface area contributed by atoms with E-state index in [1.165, 1.54) is 0 Å². The molecule has 1 saturated heterocycles. The largest absolute Gasteiger partial charge is 0.379 e. The van der Waals surface area contributed by atoms with Crippen molar-refractivity contribution in [1.29, 1.82) is 0 Å². The Hall–Kier alpha value is -0.930. The van der Waals surface area contributed by atoms with Crippen LogP contribution >= 0.6 is 29.4 Å². The van der Waals surface area contributed by atoms with Crippen molar-refractivity contribution in [2.45, 2.75) is 0 Å². The summed E-state index contributed by atoms with van der Waals surface area (Å²) in [5.74, 6) is 4.02. The lowest BCUT2D eigenvalue weighted by atomic mass is 10.2. The fraction of sp³-hybridized carbons (Fsp3) is 0.200. The standard InChI is InChI=1S/C20H20Cl2NOPS/c21-19(17-7-3-1-4-8-17)15-25(26,23-11-13-24-14-12-23)16-20(22)18-9-5-2-6-10-18/h1-10,15-16H,11-14H2/b19-15-,20-16-. The molecule has 0 atom stereocenters. The summed E-state index contributed by atoms with van der Waals surface area (Å²) >= 11 is 19.4. The minimum absolute atomic E-state index is 0.661. The van der Waals surface area contributed by atoms with E-state index in [2.05, 4.69) is 4.67 Å². The molecule has 1 fully saturated rings. The van der Waals surface area contributed by atoms with Crippen molar-refractivity contribution in [1.82, 2.24) is 4.67 Å². The van der Waals surface area contributed by atoms with Crippen LogP contribution in [0.2, 0.25) is 0 Å². The molecule has 6 heteroatoms. The van der Waals surface area contributed by atoms with Crippen molar-refractivity contribution in [2.75, 3.05) is 26.3 Å². The molecule has 26 heavy (non-hydrogen) atoms. The van der Waals surface area contributed by atoms with E-state index >= 15 is 0 Å². The van der Waals surface area contributed by atoms with Gasteiger partial charge in [0, 0.05) is 13.1 Å². The summed E-state index contributed by atoms with van der Waals surface area (Å²) in [6.07, 6.45) is -2.24. The van der Waals surface area contributed by atoms with E-state index in [9.17, 15) is 0 Å². The Morgan fingerprint density at radius 1 is 0.846 bits per heavy atom. The Morgan fingerprint density at radius 3 is 1.69 bits per heavy atom. The highest BCUT2D eigenvalue weighted by Gasteiger charge is 2.25. The number of hydrogen-bond acceptors (Lipinski definition) is 2. The Morgan fingerprint density at radius 2 is 1.27 bits per heavy atom. The van der Waals surface area contributed by atoms with Gasteiger partial charge in [-0.15, -0.1) is 0 Å². The summed E-state index contributed by atoms with van der Waals surface area (Å²) < 4.78 is 7.78. The average Bonchev–Trinajstić information content (AvgIpc) is 2.70. The monoisotopic (exact) mass is 423 g/mol. The van der Waals surface area contributed by atoms with E-state index in [-0.39, 0.29) is 0 Å². The van der Waals surface area contributed by atoms with Gasteiger partial charge in [0.2, 0.25) is 0 Å². The SMILES string of the molecule is S=P(/C=C(\Cl)c1ccccc1)(/C=C(\Cl)c1ccccc1)N1CCOCC1. The first-order valence-electron chi connectivity index (χ1n) is 8.39. The van der Waals surface area contributed by atoms with E-state index < -0.39 is 6.19 Å². The third-order valence-electron chi connectivity index (χ3n) is 4.13. The number of rotatable bonds is 5. The van der Waals surface area contributed by atoms with E-state index in [1.54, 1.807) is 0 Å². The quantitative estimate of drug-likeness (QED) is 0.532. The molecular weight excluding hydrogens is 404 g/mol. The van der Waals surface area contributed by atoms with Gasteiger partial charge in [-0.25, -0.2) is 0 Å². The molecule has 0 saturated carbocycles. The van der Waals surface area contributed by atoms with Gasteiger partial charge in [-0.1, -0.05) is 95.7 Å². The number of ether oxygens (including phenoxy) is 1. The summed E-state index contributed by atoms with van der Waals surface area (Å²) in [6.45, 7) is 2.91. The predicted molar refractivity (Wildman–Crippen MR) is 117 cm³/mol. The van der Waals surface area contributed by atoms with Crippen molar-refractivity contribution in [2.24, 2.45) is 0 Å². The lowest BCUT2D eigenvalue weighted by molar-refractivity contribution is 0.0753. The number of nitrogens with zero attached hydrogens (tertiary/aromatic N) is 1. The molecule has 1 aliphatic heterocycles. The molecule has 2 aromatic rings. The maximum absolute atomic E-state index is 6.63. The van der Waals surface area contributed by atoms with E-state index in [1.807, 2.05) is 72.3 Å². The van der Waals surface area contributed by atoms with Crippen molar-refractivity contribution in [3.8, 4) is 0 Å². The zero-order valence-corrected chi connectivity index (χ0v) is 17.4. The number of benzene rings is 2. The molecule has 0 unspecified atom stereocenters. The first-order chi connectivity index (χ1) is 12.6. The lowest BCUT2D eigenvalue weighted by Gasteiger charge is -2.34. The van der Waals surface area contributed by atoms with Crippen LogP contribution in [0.15, 0.2) is 72.3 Å². The van der Waals surface area contributed by atoms with Gasteiger partial charge < -0.3 is 4.74 Å². The van der Waals surface area contributed by atoms with Crippen LogP contribution in [0.1, 0.15) is 11.1 Å². The second-order valence-electron chi connectivity index (χ2n) is 5.92. The first kappa shape index (κ1) is 19.8. The maximum Gasteiger partial charge on any atom is 0.0601 e. The second kappa shape index (κ2) is 9.32. The zero-order valence-electron chi connectivity index (χ0n) is 14.2. The zero-order chi connectivity index (χ0) is 18.4. The van der Waals surface area contributed by atoms with Crippen molar-refractivity contribution >= 4 is 51.3 Å². The summed E-state index contributed by atoms with van der Waals surface area (Å²) in [4.78, 5) is 0. The van der Waals surface area contributed by atoms with Crippen molar-refractivity contribution in [3.63, 3.8) is 0 Å². The van der Waals surface area contributed by atoms with Crippen molar-refractivity contribution < 1.29 is 4.74 Å². The maximum atomic E-state index is 6.63. The van der Waals surface area contributed by atoms with E-state index in [0.29, 0.717) is 23.3 Å². The molecule has 0 spiro atoms.